The molecule has 0 rings (SSSR count). The number of alkyl halides is 11. The molecule has 4 nitrogen and oxygen atoms in total. The van der Waals surface area contributed by atoms with Gasteiger partial charge in [0.2, 0.25) is 0 Å². The summed E-state index contributed by atoms with van der Waals surface area (Å²) < 4.78 is 167. The molecule has 26 heavy (non-hydrogen) atoms. The van der Waals surface area contributed by atoms with Crippen LogP contribution in [-0.2, 0) is 10.1 Å². The molecular formula is C10H12F11NO3S. The molecule has 0 amide bonds. The smallest absolute Gasteiger partial charge is 0.327 e. The van der Waals surface area contributed by atoms with Crippen molar-refractivity contribution in [3.8, 4) is 0 Å². The highest BCUT2D eigenvalue weighted by molar-refractivity contribution is 7.87. The Balaban J connectivity index is 0. The van der Waals surface area contributed by atoms with E-state index < -0.39 is 52.2 Å². The lowest BCUT2D eigenvalue weighted by Crippen LogP contribution is -2.69. The van der Waals surface area contributed by atoms with Crippen LogP contribution in [0.2, 0.25) is 0 Å². The Kier molecular flexibility index (Phi) is 8.16. The average molecular weight is 435 g/mol. The van der Waals surface area contributed by atoms with Crippen LogP contribution < -0.4 is 5.73 Å². The van der Waals surface area contributed by atoms with Crippen LogP contribution in [0.25, 0.3) is 0 Å². The summed E-state index contributed by atoms with van der Waals surface area (Å²) in [5.74, 6) is -29.4. The first-order chi connectivity index (χ1) is 11.1. The van der Waals surface area contributed by atoms with Crippen LogP contribution >= 0.6 is 0 Å². The second-order valence-corrected chi connectivity index (χ2v) is 5.94. The molecule has 0 aromatic carbocycles. The molecule has 3 N–H and O–H groups in total. The highest BCUT2D eigenvalue weighted by Gasteiger charge is 2.89. The van der Waals surface area contributed by atoms with E-state index in [-0.39, 0.29) is 0 Å². The molecule has 0 fully saturated rings. The topological polar surface area (TPSA) is 80.4 Å². The Hall–Kier alpha value is -1.16. The number of rotatable bonds is 7. The van der Waals surface area contributed by atoms with E-state index in [1.165, 1.54) is 0 Å². The summed E-state index contributed by atoms with van der Waals surface area (Å²) in [5.41, 5.74) is 4.91. The van der Waals surface area contributed by atoms with E-state index in [2.05, 4.69) is 6.58 Å². The fourth-order valence-corrected chi connectivity index (χ4v) is 1.45. The fourth-order valence-electron chi connectivity index (χ4n) is 1.00. The van der Waals surface area contributed by atoms with E-state index >= 15 is 0 Å². The molecule has 0 spiro atoms. The van der Waals surface area contributed by atoms with Crippen molar-refractivity contribution in [1.82, 2.24) is 0 Å². The van der Waals surface area contributed by atoms with Crippen LogP contribution in [0.4, 0.5) is 48.3 Å². The van der Waals surface area contributed by atoms with Crippen molar-refractivity contribution < 1.29 is 61.3 Å². The molecule has 0 heterocycles. The van der Waals surface area contributed by atoms with Gasteiger partial charge < -0.3 is 5.73 Å². The summed E-state index contributed by atoms with van der Waals surface area (Å²) in [6, 6.07) is 0. The lowest BCUT2D eigenvalue weighted by Gasteiger charge is -2.38. The van der Waals surface area contributed by atoms with Crippen molar-refractivity contribution in [1.29, 1.82) is 0 Å². The molecular weight excluding hydrogens is 423 g/mol. The highest BCUT2D eigenvalue weighted by Crippen LogP contribution is 2.58. The Labute approximate surface area is 139 Å². The van der Waals surface area contributed by atoms with Crippen molar-refractivity contribution in [3.63, 3.8) is 0 Å². The molecule has 0 aromatic rings. The predicted octanol–water partition coefficient (Wildman–Crippen LogP) is 3.50. The molecule has 0 aliphatic carbocycles. The maximum Gasteiger partial charge on any atom is 0.438 e. The van der Waals surface area contributed by atoms with E-state index in [1.807, 2.05) is 0 Å². The first-order valence-corrected chi connectivity index (χ1v) is 7.36. The van der Waals surface area contributed by atoms with Crippen LogP contribution in [0, 0.1) is 0 Å². The summed E-state index contributed by atoms with van der Waals surface area (Å²) in [7, 11) is -7.40. The first-order valence-electron chi connectivity index (χ1n) is 5.92. The van der Waals surface area contributed by atoms with Crippen LogP contribution in [0.1, 0.15) is 6.92 Å². The molecule has 0 aliphatic heterocycles. The molecule has 1 atom stereocenters. The van der Waals surface area contributed by atoms with Crippen LogP contribution in [0.3, 0.4) is 0 Å². The van der Waals surface area contributed by atoms with E-state index in [1.54, 1.807) is 6.08 Å². The molecule has 1 unspecified atom stereocenters. The summed E-state index contributed by atoms with van der Waals surface area (Å²) >= 11 is 0. The largest absolute Gasteiger partial charge is 0.438 e. The molecule has 0 aromatic heterocycles. The van der Waals surface area contributed by atoms with Crippen molar-refractivity contribution in [3.05, 3.63) is 12.7 Å². The maximum atomic E-state index is 12.9. The van der Waals surface area contributed by atoms with Crippen LogP contribution in [0.5, 0.6) is 0 Å². The van der Waals surface area contributed by atoms with Crippen molar-refractivity contribution >= 4 is 10.1 Å². The second-order valence-electron chi connectivity index (χ2n) is 4.48. The molecule has 158 valence electrons. The summed E-state index contributed by atoms with van der Waals surface area (Å²) in [6.45, 7) is 3.48. The van der Waals surface area contributed by atoms with E-state index in [0.29, 0.717) is 6.54 Å². The Morgan fingerprint density at radius 3 is 1.46 bits per heavy atom. The molecule has 0 aliphatic rings. The van der Waals surface area contributed by atoms with Gasteiger partial charge in [-0.05, 0) is 6.92 Å². The molecule has 16 heteroatoms. The van der Waals surface area contributed by atoms with Crippen molar-refractivity contribution in [2.24, 2.45) is 5.73 Å². The lowest BCUT2D eigenvalue weighted by molar-refractivity contribution is -0.396. The molecule has 0 saturated heterocycles. The number of nitrogens with two attached hydrogens (primary N) is 1. The minimum atomic E-state index is -7.75. The maximum absolute atomic E-state index is 12.9. The van der Waals surface area contributed by atoms with Gasteiger partial charge in [-0.25, -0.2) is 4.39 Å². The van der Waals surface area contributed by atoms with Crippen molar-refractivity contribution in [2.75, 3.05) is 6.54 Å². The van der Waals surface area contributed by atoms with Gasteiger partial charge in [0.1, 0.15) is 0 Å². The first kappa shape index (κ1) is 27.1. The predicted molar refractivity (Wildman–Crippen MR) is 66.1 cm³/mol. The van der Waals surface area contributed by atoms with Gasteiger partial charge in [-0.3, -0.25) is 4.55 Å². The average Bonchev–Trinajstić information content (AvgIpc) is 2.45. The standard InChI is InChI=1S/C7H5F11O3S.C3H7N/c1-2(8)3(9,10)4(11,12)5(13,14)6(15,16)7(17,18)22(19,20)21;1-2-3-4/h2H,1H3,(H,19,20,21);2H,1,3-4H2. The van der Waals surface area contributed by atoms with Gasteiger partial charge in [0.25, 0.3) is 0 Å². The Morgan fingerprint density at radius 1 is 0.962 bits per heavy atom. The minimum Gasteiger partial charge on any atom is -0.327 e. The van der Waals surface area contributed by atoms with Gasteiger partial charge in [0, 0.05) is 6.54 Å². The van der Waals surface area contributed by atoms with E-state index in [4.69, 9.17) is 10.3 Å². The van der Waals surface area contributed by atoms with Gasteiger partial charge in [-0.15, -0.1) is 6.58 Å². The summed E-state index contributed by atoms with van der Waals surface area (Å²) in [4.78, 5) is 0. The fraction of sp³-hybridized carbons (Fsp3) is 0.800. The highest BCUT2D eigenvalue weighted by atomic mass is 32.2. The van der Waals surface area contributed by atoms with Gasteiger partial charge in [-0.1, -0.05) is 6.08 Å². The lowest BCUT2D eigenvalue weighted by atomic mass is 9.96. The zero-order chi connectivity index (χ0) is 22.0. The third kappa shape index (κ3) is 4.21. The quantitative estimate of drug-likeness (QED) is 0.365. The molecule has 0 saturated carbocycles. The van der Waals surface area contributed by atoms with Crippen LogP contribution in [0.15, 0.2) is 12.7 Å². The monoisotopic (exact) mass is 435 g/mol. The third-order valence-corrected chi connectivity index (χ3v) is 3.47. The normalized spacial score (nSPS) is 15.8. The minimum absolute atomic E-state index is 0.455. The molecule has 0 bridgehead atoms. The van der Waals surface area contributed by atoms with Gasteiger partial charge in [0.05, 0.1) is 0 Å². The number of hydrogen-bond donors (Lipinski definition) is 2. The molecule has 0 radical (unpaired) electrons. The second kappa shape index (κ2) is 7.84. The SMILES string of the molecule is C=CCN.CC(F)C(F)(F)C(F)(F)C(F)(F)C(F)(F)C(F)(F)S(=O)(=O)O. The van der Waals surface area contributed by atoms with E-state index in [0.717, 1.165) is 0 Å². The number of halogens is 11. The summed E-state index contributed by atoms with van der Waals surface area (Å²) in [5, 5.41) is -7.26. The number of hydrogen-bond acceptors (Lipinski definition) is 3. The zero-order valence-electron chi connectivity index (χ0n) is 12.5. The summed E-state index contributed by atoms with van der Waals surface area (Å²) in [6.07, 6.45) is -2.54. The third-order valence-electron chi connectivity index (χ3n) is 2.56. The van der Waals surface area contributed by atoms with Gasteiger partial charge in [0.15, 0.2) is 6.17 Å². The van der Waals surface area contributed by atoms with Crippen LogP contribution in [-0.4, -0.2) is 54.6 Å². The van der Waals surface area contributed by atoms with Gasteiger partial charge >= 0.3 is 39.1 Å². The van der Waals surface area contributed by atoms with Crippen molar-refractivity contribution in [2.45, 2.75) is 42.0 Å². The van der Waals surface area contributed by atoms with E-state index in [9.17, 15) is 56.7 Å². The zero-order valence-corrected chi connectivity index (χ0v) is 13.3. The Bertz CT molecular complexity index is 589. The van der Waals surface area contributed by atoms with Gasteiger partial charge in [-0.2, -0.15) is 52.3 Å². The Morgan fingerprint density at radius 2 is 1.27 bits per heavy atom.